The van der Waals surface area contributed by atoms with Gasteiger partial charge in [-0.1, -0.05) is 17.7 Å². The Morgan fingerprint density at radius 1 is 1.44 bits per heavy atom. The van der Waals surface area contributed by atoms with Crippen LogP contribution in [0.4, 0.5) is 5.69 Å². The van der Waals surface area contributed by atoms with E-state index in [4.69, 9.17) is 16.3 Å². The summed E-state index contributed by atoms with van der Waals surface area (Å²) in [6, 6.07) is 6.34. The van der Waals surface area contributed by atoms with E-state index in [0.717, 1.165) is 9.35 Å². The van der Waals surface area contributed by atoms with Crippen LogP contribution in [0.15, 0.2) is 34.1 Å². The maximum atomic E-state index is 10.9. The lowest BCUT2D eigenvalue weighted by Gasteiger charge is -2.07. The van der Waals surface area contributed by atoms with Gasteiger partial charge in [-0.15, -0.1) is 11.3 Å². The van der Waals surface area contributed by atoms with Gasteiger partial charge in [0.15, 0.2) is 0 Å². The molecule has 0 saturated heterocycles. The molecule has 0 amide bonds. The molecule has 0 aliphatic rings. The van der Waals surface area contributed by atoms with Crippen molar-refractivity contribution in [2.75, 3.05) is 0 Å². The lowest BCUT2D eigenvalue weighted by molar-refractivity contribution is -0.385. The van der Waals surface area contributed by atoms with Crippen LogP contribution in [-0.4, -0.2) is 4.92 Å². The lowest BCUT2D eigenvalue weighted by Crippen LogP contribution is -1.98. The zero-order chi connectivity index (χ0) is 13.1. The largest absolute Gasteiger partial charge is 0.480 e. The summed E-state index contributed by atoms with van der Waals surface area (Å²) in [6.07, 6.45) is 0. The Labute approximate surface area is 120 Å². The Bertz CT molecular complexity index is 587. The minimum atomic E-state index is -0.509. The second kappa shape index (κ2) is 5.69. The summed E-state index contributed by atoms with van der Waals surface area (Å²) < 4.78 is 6.38. The second-order valence-electron chi connectivity index (χ2n) is 3.33. The van der Waals surface area contributed by atoms with Gasteiger partial charge in [0, 0.05) is 10.5 Å². The molecule has 0 aliphatic carbocycles. The van der Waals surface area contributed by atoms with Crippen molar-refractivity contribution in [2.24, 2.45) is 0 Å². The van der Waals surface area contributed by atoms with E-state index in [0.29, 0.717) is 0 Å². The highest BCUT2D eigenvalue weighted by atomic mass is 79.9. The fraction of sp³-hybridized carbons (Fsp3) is 0.0909. The van der Waals surface area contributed by atoms with E-state index in [1.165, 1.54) is 23.5 Å². The third kappa shape index (κ3) is 2.82. The number of nitro benzene ring substituents is 1. The van der Waals surface area contributed by atoms with E-state index in [2.05, 4.69) is 15.9 Å². The maximum Gasteiger partial charge on any atom is 0.312 e. The summed E-state index contributed by atoms with van der Waals surface area (Å²) in [5.74, 6) is 0.101. The van der Waals surface area contributed by atoms with Crippen LogP contribution in [0.5, 0.6) is 5.75 Å². The van der Waals surface area contributed by atoms with E-state index in [1.807, 2.05) is 11.4 Å². The first-order chi connectivity index (χ1) is 8.59. The average Bonchev–Trinajstić information content (AvgIpc) is 2.73. The topological polar surface area (TPSA) is 52.4 Å². The standard InChI is InChI=1S/C11H7BrClNO3S/c12-7-4-5-18-10(7)6-17-11-8(13)2-1-3-9(11)14(15)16/h1-5H,6H2. The number of ether oxygens (including phenoxy) is 1. The smallest absolute Gasteiger partial charge is 0.312 e. The predicted octanol–water partition coefficient (Wildman–Crippen LogP) is 4.65. The Morgan fingerprint density at radius 2 is 2.22 bits per heavy atom. The highest BCUT2D eigenvalue weighted by molar-refractivity contribution is 9.10. The van der Waals surface area contributed by atoms with Crippen LogP contribution < -0.4 is 4.74 Å². The lowest BCUT2D eigenvalue weighted by atomic mass is 10.3. The van der Waals surface area contributed by atoms with Gasteiger partial charge in [0.25, 0.3) is 0 Å². The molecule has 0 radical (unpaired) electrons. The number of rotatable bonds is 4. The Kier molecular flexibility index (Phi) is 4.21. The highest BCUT2D eigenvalue weighted by Gasteiger charge is 2.18. The summed E-state index contributed by atoms with van der Waals surface area (Å²) in [7, 11) is 0. The van der Waals surface area contributed by atoms with Gasteiger partial charge in [-0.2, -0.15) is 0 Å². The second-order valence-corrected chi connectivity index (χ2v) is 5.59. The molecule has 1 aromatic heterocycles. The van der Waals surface area contributed by atoms with Gasteiger partial charge in [-0.3, -0.25) is 10.1 Å². The third-order valence-electron chi connectivity index (χ3n) is 2.18. The molecule has 0 bridgehead atoms. The van der Waals surface area contributed by atoms with Crippen molar-refractivity contribution in [3.63, 3.8) is 0 Å². The average molecular weight is 349 g/mol. The molecule has 1 aromatic carbocycles. The van der Waals surface area contributed by atoms with Crippen molar-refractivity contribution in [3.8, 4) is 5.75 Å². The highest BCUT2D eigenvalue weighted by Crippen LogP contribution is 2.35. The van der Waals surface area contributed by atoms with Crippen molar-refractivity contribution >= 4 is 44.6 Å². The summed E-state index contributed by atoms with van der Waals surface area (Å²) >= 11 is 10.8. The molecular formula is C11H7BrClNO3S. The molecule has 0 N–H and O–H groups in total. The van der Waals surface area contributed by atoms with Crippen LogP contribution in [0.2, 0.25) is 5.02 Å². The number of hydrogen-bond donors (Lipinski definition) is 0. The van der Waals surface area contributed by atoms with Crippen LogP contribution in [0.25, 0.3) is 0 Å². The van der Waals surface area contributed by atoms with Gasteiger partial charge in [0.2, 0.25) is 5.75 Å². The van der Waals surface area contributed by atoms with Gasteiger partial charge in [0.1, 0.15) is 6.61 Å². The summed E-state index contributed by atoms with van der Waals surface area (Å²) in [5.41, 5.74) is -0.129. The van der Waals surface area contributed by atoms with Crippen molar-refractivity contribution in [3.05, 3.63) is 54.1 Å². The molecule has 1 heterocycles. The number of hydrogen-bond acceptors (Lipinski definition) is 4. The zero-order valence-corrected chi connectivity index (χ0v) is 12.1. The van der Waals surface area contributed by atoms with E-state index in [9.17, 15) is 10.1 Å². The fourth-order valence-corrected chi connectivity index (χ4v) is 2.95. The molecule has 4 nitrogen and oxygen atoms in total. The molecule has 0 spiro atoms. The summed E-state index contributed by atoms with van der Waals surface area (Å²) in [5, 5.41) is 13.0. The quantitative estimate of drug-likeness (QED) is 0.597. The van der Waals surface area contributed by atoms with Crippen LogP contribution >= 0.6 is 38.9 Å². The summed E-state index contributed by atoms with van der Waals surface area (Å²) in [6.45, 7) is 0.239. The molecule has 2 aromatic rings. The molecule has 0 saturated carbocycles. The van der Waals surface area contributed by atoms with E-state index >= 15 is 0 Å². The predicted molar refractivity (Wildman–Crippen MR) is 74.5 cm³/mol. The third-order valence-corrected chi connectivity index (χ3v) is 4.38. The number of thiophene rings is 1. The number of nitro groups is 1. The molecule has 0 unspecified atom stereocenters. The van der Waals surface area contributed by atoms with E-state index in [1.54, 1.807) is 6.07 Å². The van der Waals surface area contributed by atoms with Gasteiger partial charge in [0.05, 0.1) is 14.8 Å². The Morgan fingerprint density at radius 3 is 2.83 bits per heavy atom. The van der Waals surface area contributed by atoms with Crippen molar-refractivity contribution in [2.45, 2.75) is 6.61 Å². The Balaban J connectivity index is 2.24. The molecule has 0 fully saturated rings. The van der Waals surface area contributed by atoms with Gasteiger partial charge < -0.3 is 4.74 Å². The van der Waals surface area contributed by atoms with Crippen LogP contribution in [0.1, 0.15) is 4.88 Å². The fourth-order valence-electron chi connectivity index (χ4n) is 1.35. The molecule has 94 valence electrons. The first-order valence-corrected chi connectivity index (χ1v) is 6.92. The van der Waals surface area contributed by atoms with Crippen molar-refractivity contribution in [1.82, 2.24) is 0 Å². The first kappa shape index (κ1) is 13.3. The van der Waals surface area contributed by atoms with Crippen LogP contribution in [0.3, 0.4) is 0 Å². The summed E-state index contributed by atoms with van der Waals surface area (Å²) in [4.78, 5) is 11.3. The number of nitrogens with zero attached hydrogens (tertiary/aromatic N) is 1. The van der Waals surface area contributed by atoms with Crippen molar-refractivity contribution in [1.29, 1.82) is 0 Å². The van der Waals surface area contributed by atoms with Crippen LogP contribution in [0, 0.1) is 10.1 Å². The van der Waals surface area contributed by atoms with E-state index < -0.39 is 4.92 Å². The molecule has 0 atom stereocenters. The minimum Gasteiger partial charge on any atom is -0.480 e. The monoisotopic (exact) mass is 347 g/mol. The number of halogens is 2. The minimum absolute atomic E-state index is 0.101. The van der Waals surface area contributed by atoms with E-state index in [-0.39, 0.29) is 23.1 Å². The maximum absolute atomic E-state index is 10.9. The molecule has 2 rings (SSSR count). The molecule has 0 aliphatic heterocycles. The molecular weight excluding hydrogens is 342 g/mol. The normalized spacial score (nSPS) is 10.3. The van der Waals surface area contributed by atoms with Gasteiger partial charge in [-0.25, -0.2) is 0 Å². The molecule has 7 heteroatoms. The Hall–Kier alpha value is -1.11. The van der Waals surface area contributed by atoms with Crippen LogP contribution in [-0.2, 0) is 6.61 Å². The van der Waals surface area contributed by atoms with Gasteiger partial charge >= 0.3 is 5.69 Å². The number of para-hydroxylation sites is 1. The first-order valence-electron chi connectivity index (χ1n) is 4.87. The molecule has 18 heavy (non-hydrogen) atoms. The number of benzene rings is 1. The van der Waals surface area contributed by atoms with Gasteiger partial charge in [-0.05, 0) is 33.4 Å². The SMILES string of the molecule is O=[N+]([O-])c1cccc(Cl)c1OCc1sccc1Br. The van der Waals surface area contributed by atoms with Crippen molar-refractivity contribution < 1.29 is 9.66 Å². The zero-order valence-electron chi connectivity index (χ0n) is 8.93.